The van der Waals surface area contributed by atoms with E-state index in [1.54, 1.807) is 35.6 Å². The zero-order chi connectivity index (χ0) is 12.4. The maximum Gasteiger partial charge on any atom is 0.265 e. The molecule has 1 aromatic rings. The monoisotopic (exact) mass is 253 g/mol. The average Bonchev–Trinajstić information content (AvgIpc) is 2.98. The SMILES string of the molecule is CN(C)C(=O)[C@@H]1CCN(C(=O)c2cncs2)C1. The number of carbonyl (C=O) groups excluding carboxylic acids is 2. The van der Waals surface area contributed by atoms with Crippen molar-refractivity contribution in [3.05, 3.63) is 16.6 Å². The molecule has 2 rings (SSSR count). The van der Waals surface area contributed by atoms with Crippen molar-refractivity contribution in [1.82, 2.24) is 14.8 Å². The molecule has 0 N–H and O–H groups in total. The number of thiazole rings is 1. The first-order chi connectivity index (χ1) is 8.09. The Morgan fingerprint density at radius 3 is 2.88 bits per heavy atom. The number of nitrogens with zero attached hydrogens (tertiary/aromatic N) is 3. The predicted octanol–water partition coefficient (Wildman–Crippen LogP) is 0.693. The van der Waals surface area contributed by atoms with E-state index < -0.39 is 0 Å². The quantitative estimate of drug-likeness (QED) is 0.779. The van der Waals surface area contributed by atoms with E-state index in [1.807, 2.05) is 0 Å². The van der Waals surface area contributed by atoms with Crippen molar-refractivity contribution in [2.45, 2.75) is 6.42 Å². The van der Waals surface area contributed by atoms with Crippen molar-refractivity contribution in [3.8, 4) is 0 Å². The van der Waals surface area contributed by atoms with Crippen LogP contribution < -0.4 is 0 Å². The van der Waals surface area contributed by atoms with Gasteiger partial charge in [0.1, 0.15) is 4.88 Å². The summed E-state index contributed by atoms with van der Waals surface area (Å²) in [7, 11) is 3.49. The number of hydrogen-bond donors (Lipinski definition) is 0. The summed E-state index contributed by atoms with van der Waals surface area (Å²) in [5.74, 6) is 0.0352. The molecule has 5 nitrogen and oxygen atoms in total. The summed E-state index contributed by atoms with van der Waals surface area (Å²) in [5, 5.41) is 0. The van der Waals surface area contributed by atoms with E-state index in [4.69, 9.17) is 0 Å². The Morgan fingerprint density at radius 1 is 1.53 bits per heavy atom. The highest BCUT2D eigenvalue weighted by Gasteiger charge is 2.32. The molecule has 0 unspecified atom stereocenters. The first-order valence-corrected chi connectivity index (χ1v) is 6.36. The lowest BCUT2D eigenvalue weighted by atomic mass is 10.1. The van der Waals surface area contributed by atoms with Crippen LogP contribution in [0.4, 0.5) is 0 Å². The van der Waals surface area contributed by atoms with Gasteiger partial charge in [0.05, 0.1) is 17.6 Å². The minimum atomic E-state index is -0.0538. The predicted molar refractivity (Wildman–Crippen MR) is 64.8 cm³/mol. The van der Waals surface area contributed by atoms with Gasteiger partial charge in [0.25, 0.3) is 5.91 Å². The summed E-state index contributed by atoms with van der Waals surface area (Å²) >= 11 is 1.34. The fourth-order valence-corrected chi connectivity index (χ4v) is 2.58. The molecule has 0 saturated carbocycles. The molecule has 1 saturated heterocycles. The summed E-state index contributed by atoms with van der Waals surface area (Å²) in [6, 6.07) is 0. The smallest absolute Gasteiger partial charge is 0.265 e. The van der Waals surface area contributed by atoms with Crippen molar-refractivity contribution < 1.29 is 9.59 Å². The summed E-state index contributed by atoms with van der Waals surface area (Å²) in [6.45, 7) is 1.18. The van der Waals surface area contributed by atoms with E-state index in [0.29, 0.717) is 18.0 Å². The molecule has 92 valence electrons. The fraction of sp³-hybridized carbons (Fsp3) is 0.545. The van der Waals surface area contributed by atoms with E-state index in [9.17, 15) is 9.59 Å². The highest BCUT2D eigenvalue weighted by Crippen LogP contribution is 2.21. The van der Waals surface area contributed by atoms with Crippen LogP contribution in [0.25, 0.3) is 0 Å². The lowest BCUT2D eigenvalue weighted by Crippen LogP contribution is -2.33. The van der Waals surface area contributed by atoms with Crippen molar-refractivity contribution in [2.24, 2.45) is 5.92 Å². The zero-order valence-corrected chi connectivity index (χ0v) is 10.7. The second kappa shape index (κ2) is 4.83. The molecular formula is C11H15N3O2S. The van der Waals surface area contributed by atoms with Gasteiger partial charge in [-0.05, 0) is 6.42 Å². The standard InChI is InChI=1S/C11H15N3O2S/c1-13(2)10(15)8-3-4-14(6-8)11(16)9-5-12-7-17-9/h5,7-8H,3-4,6H2,1-2H3/t8-/m1/s1. The molecular weight excluding hydrogens is 238 g/mol. The van der Waals surface area contributed by atoms with Gasteiger partial charge in [0.15, 0.2) is 0 Å². The Morgan fingerprint density at radius 2 is 2.29 bits per heavy atom. The minimum absolute atomic E-state index is 0.0124. The third-order valence-corrected chi connectivity index (χ3v) is 3.67. The first kappa shape index (κ1) is 12.0. The van der Waals surface area contributed by atoms with Gasteiger partial charge < -0.3 is 9.80 Å². The highest BCUT2D eigenvalue weighted by atomic mass is 32.1. The van der Waals surface area contributed by atoms with Crippen LogP contribution >= 0.6 is 11.3 Å². The molecule has 2 amide bonds. The first-order valence-electron chi connectivity index (χ1n) is 5.48. The minimum Gasteiger partial charge on any atom is -0.349 e. The van der Waals surface area contributed by atoms with Crippen molar-refractivity contribution >= 4 is 23.2 Å². The molecule has 1 aromatic heterocycles. The number of likely N-dealkylation sites (tertiary alicyclic amines) is 1. The Bertz CT molecular complexity index is 416. The molecule has 0 radical (unpaired) electrons. The molecule has 1 aliphatic heterocycles. The van der Waals surface area contributed by atoms with Crippen LogP contribution in [-0.2, 0) is 4.79 Å². The van der Waals surface area contributed by atoms with E-state index >= 15 is 0 Å². The molecule has 1 atom stereocenters. The van der Waals surface area contributed by atoms with Gasteiger partial charge in [0.2, 0.25) is 5.91 Å². The maximum absolute atomic E-state index is 12.0. The van der Waals surface area contributed by atoms with Crippen molar-refractivity contribution in [1.29, 1.82) is 0 Å². The van der Waals surface area contributed by atoms with E-state index in [1.165, 1.54) is 11.3 Å². The van der Waals surface area contributed by atoms with Gasteiger partial charge in [-0.3, -0.25) is 14.6 Å². The Hall–Kier alpha value is -1.43. The van der Waals surface area contributed by atoms with Gasteiger partial charge in [-0.15, -0.1) is 11.3 Å². The van der Waals surface area contributed by atoms with Crippen LogP contribution in [0.5, 0.6) is 0 Å². The van der Waals surface area contributed by atoms with Gasteiger partial charge in [-0.25, -0.2) is 0 Å². The second-order valence-corrected chi connectivity index (χ2v) is 5.22. The third kappa shape index (κ3) is 2.46. The van der Waals surface area contributed by atoms with E-state index in [0.717, 1.165) is 6.42 Å². The molecule has 2 heterocycles. The number of hydrogen-bond acceptors (Lipinski definition) is 4. The van der Waals surface area contributed by atoms with Crippen LogP contribution in [0.2, 0.25) is 0 Å². The topological polar surface area (TPSA) is 53.5 Å². The normalized spacial score (nSPS) is 19.4. The Kier molecular flexibility index (Phi) is 3.42. The van der Waals surface area contributed by atoms with Crippen molar-refractivity contribution in [2.75, 3.05) is 27.2 Å². The number of amides is 2. The van der Waals surface area contributed by atoms with Crippen LogP contribution in [0.3, 0.4) is 0 Å². The largest absolute Gasteiger partial charge is 0.349 e. The maximum atomic E-state index is 12.0. The molecule has 1 aliphatic rings. The van der Waals surface area contributed by atoms with Crippen LogP contribution in [0.15, 0.2) is 11.7 Å². The number of carbonyl (C=O) groups is 2. The van der Waals surface area contributed by atoms with Gasteiger partial charge in [0, 0.05) is 27.2 Å². The molecule has 0 aromatic carbocycles. The Balaban J connectivity index is 1.99. The van der Waals surface area contributed by atoms with Crippen LogP contribution in [0.1, 0.15) is 16.1 Å². The van der Waals surface area contributed by atoms with Gasteiger partial charge in [-0.1, -0.05) is 0 Å². The summed E-state index contributed by atoms with van der Waals surface area (Å²) in [5.41, 5.74) is 1.64. The summed E-state index contributed by atoms with van der Waals surface area (Å²) in [4.78, 5) is 31.7. The molecule has 6 heteroatoms. The summed E-state index contributed by atoms with van der Waals surface area (Å²) in [6.07, 6.45) is 2.33. The lowest BCUT2D eigenvalue weighted by molar-refractivity contribution is -0.132. The van der Waals surface area contributed by atoms with E-state index in [2.05, 4.69) is 4.98 Å². The fourth-order valence-electron chi connectivity index (χ4n) is 1.99. The third-order valence-electron chi connectivity index (χ3n) is 2.91. The van der Waals surface area contributed by atoms with Crippen LogP contribution in [0, 0.1) is 5.92 Å². The van der Waals surface area contributed by atoms with Gasteiger partial charge >= 0.3 is 0 Å². The highest BCUT2D eigenvalue weighted by molar-refractivity contribution is 7.11. The van der Waals surface area contributed by atoms with Crippen molar-refractivity contribution in [3.63, 3.8) is 0 Å². The molecule has 1 fully saturated rings. The molecule has 0 aliphatic carbocycles. The number of aromatic nitrogens is 1. The van der Waals surface area contributed by atoms with E-state index in [-0.39, 0.29) is 17.7 Å². The molecule has 0 bridgehead atoms. The van der Waals surface area contributed by atoms with Crippen LogP contribution in [-0.4, -0.2) is 53.8 Å². The second-order valence-electron chi connectivity index (χ2n) is 4.34. The zero-order valence-electron chi connectivity index (χ0n) is 9.92. The Labute approximate surface area is 104 Å². The number of rotatable bonds is 2. The lowest BCUT2D eigenvalue weighted by Gasteiger charge is -2.17. The molecule has 0 spiro atoms. The van der Waals surface area contributed by atoms with Gasteiger partial charge in [-0.2, -0.15) is 0 Å². The average molecular weight is 253 g/mol. The summed E-state index contributed by atoms with van der Waals surface area (Å²) < 4.78 is 0. The molecule has 17 heavy (non-hydrogen) atoms.